The molecule has 17 heavy (non-hydrogen) atoms. The van der Waals surface area contributed by atoms with E-state index in [1.165, 1.54) is 7.11 Å². The lowest BCUT2D eigenvalue weighted by Gasteiger charge is -2.25. The van der Waals surface area contributed by atoms with Crippen LogP contribution in [0.1, 0.15) is 12.5 Å². The van der Waals surface area contributed by atoms with Gasteiger partial charge < -0.3 is 9.84 Å². The van der Waals surface area contributed by atoms with Crippen LogP contribution in [-0.2, 0) is 15.1 Å². The summed E-state index contributed by atoms with van der Waals surface area (Å²) in [6.45, 7) is 1.57. The van der Waals surface area contributed by atoms with E-state index in [2.05, 4.69) is 0 Å². The van der Waals surface area contributed by atoms with Crippen LogP contribution in [0.25, 0.3) is 10.8 Å². The van der Waals surface area contributed by atoms with Crippen LogP contribution in [0.15, 0.2) is 42.5 Å². The molecule has 0 aromatic heterocycles. The smallest absolute Gasteiger partial charge is 0.340 e. The Bertz CT molecular complexity index is 557. The van der Waals surface area contributed by atoms with Gasteiger partial charge in [-0.15, -0.1) is 0 Å². The maximum atomic E-state index is 11.4. The van der Waals surface area contributed by atoms with Crippen LogP contribution in [-0.4, -0.2) is 18.2 Å². The molecule has 0 spiro atoms. The molecule has 0 fully saturated rings. The first kappa shape index (κ1) is 11.6. The summed E-state index contributed by atoms with van der Waals surface area (Å²) in [5.41, 5.74) is -0.647. The average molecular weight is 230 g/mol. The molecule has 3 nitrogen and oxygen atoms in total. The maximum Gasteiger partial charge on any atom is 0.340 e. The monoisotopic (exact) mass is 230 g/mol. The molecule has 0 amide bonds. The molecule has 0 saturated carbocycles. The van der Waals surface area contributed by atoms with Gasteiger partial charge in [0.25, 0.3) is 0 Å². The molecule has 0 aliphatic rings. The topological polar surface area (TPSA) is 46.5 Å². The van der Waals surface area contributed by atoms with Gasteiger partial charge in [0.1, 0.15) is 0 Å². The van der Waals surface area contributed by atoms with Crippen molar-refractivity contribution >= 4 is 16.7 Å². The zero-order valence-corrected chi connectivity index (χ0v) is 9.81. The second kappa shape index (κ2) is 4.18. The van der Waals surface area contributed by atoms with Gasteiger partial charge in [0, 0.05) is 12.7 Å². The van der Waals surface area contributed by atoms with Crippen molar-refractivity contribution in [3.8, 4) is 0 Å². The highest BCUT2D eigenvalue weighted by Gasteiger charge is 2.36. The number of fused-ring (bicyclic) bond motifs is 1. The Morgan fingerprint density at radius 2 is 1.82 bits per heavy atom. The first-order chi connectivity index (χ1) is 8.09. The van der Waals surface area contributed by atoms with E-state index in [4.69, 9.17) is 4.74 Å². The molecule has 0 aliphatic heterocycles. The fourth-order valence-electron chi connectivity index (χ4n) is 1.95. The molecule has 2 aromatic rings. The van der Waals surface area contributed by atoms with Crippen molar-refractivity contribution in [3.63, 3.8) is 0 Å². The molecule has 0 aliphatic carbocycles. The van der Waals surface area contributed by atoms with Crippen molar-refractivity contribution in [2.75, 3.05) is 7.11 Å². The van der Waals surface area contributed by atoms with E-state index in [1.54, 1.807) is 13.0 Å². The predicted octanol–water partition coefficient (Wildman–Crippen LogP) is 2.79. The van der Waals surface area contributed by atoms with Crippen LogP contribution in [0.4, 0.5) is 0 Å². The number of ether oxygens (including phenoxy) is 1. The number of carboxylic acids is 1. The Balaban J connectivity index is 2.74. The number of benzene rings is 2. The standard InChI is InChI=1S/C14H14O3/c1-14(17-2,13(15)16)12-9-5-7-10-6-3-4-8-11(10)12/h3-9H,1-2H3,(H,15,16). The Morgan fingerprint density at radius 3 is 2.47 bits per heavy atom. The van der Waals surface area contributed by atoms with E-state index in [0.717, 1.165) is 10.8 Å². The SMILES string of the molecule is COC(C)(C(=O)O)c1cccc2ccccc12. The number of aliphatic carboxylic acids is 1. The molecule has 1 unspecified atom stereocenters. The van der Waals surface area contributed by atoms with Gasteiger partial charge in [0.2, 0.25) is 0 Å². The molecule has 0 heterocycles. The Hall–Kier alpha value is -1.87. The summed E-state index contributed by atoms with van der Waals surface area (Å²) < 4.78 is 5.19. The Labute approximate surface area is 99.6 Å². The highest BCUT2D eigenvalue weighted by molar-refractivity contribution is 5.92. The number of methoxy groups -OCH3 is 1. The molecule has 2 rings (SSSR count). The predicted molar refractivity (Wildman–Crippen MR) is 65.9 cm³/mol. The molecule has 0 bridgehead atoms. The van der Waals surface area contributed by atoms with Crippen LogP contribution in [0.2, 0.25) is 0 Å². The third kappa shape index (κ3) is 1.78. The number of hydrogen-bond acceptors (Lipinski definition) is 2. The summed E-state index contributed by atoms with van der Waals surface area (Å²) in [5, 5.41) is 11.2. The average Bonchev–Trinajstić information content (AvgIpc) is 2.37. The summed E-state index contributed by atoms with van der Waals surface area (Å²) in [5.74, 6) is -0.989. The van der Waals surface area contributed by atoms with Gasteiger partial charge in [0.15, 0.2) is 5.60 Å². The van der Waals surface area contributed by atoms with Crippen molar-refractivity contribution in [3.05, 3.63) is 48.0 Å². The third-order valence-electron chi connectivity index (χ3n) is 3.12. The minimum atomic E-state index is -1.32. The van der Waals surface area contributed by atoms with Gasteiger partial charge >= 0.3 is 5.97 Å². The fraction of sp³-hybridized carbons (Fsp3) is 0.214. The number of hydrogen-bond donors (Lipinski definition) is 1. The number of rotatable bonds is 3. The maximum absolute atomic E-state index is 11.4. The molecule has 2 aromatic carbocycles. The first-order valence-corrected chi connectivity index (χ1v) is 5.36. The minimum absolute atomic E-state index is 0.672. The Morgan fingerprint density at radius 1 is 1.18 bits per heavy atom. The molecule has 3 heteroatoms. The van der Waals surface area contributed by atoms with Crippen LogP contribution >= 0.6 is 0 Å². The summed E-state index contributed by atoms with van der Waals surface area (Å²) >= 11 is 0. The molecule has 1 N–H and O–H groups in total. The van der Waals surface area contributed by atoms with Gasteiger partial charge in [-0.3, -0.25) is 0 Å². The minimum Gasteiger partial charge on any atom is -0.479 e. The van der Waals surface area contributed by atoms with E-state index >= 15 is 0 Å². The molecule has 1 atom stereocenters. The zero-order chi connectivity index (χ0) is 12.5. The second-order valence-electron chi connectivity index (χ2n) is 4.07. The van der Waals surface area contributed by atoms with E-state index in [1.807, 2.05) is 36.4 Å². The number of carbonyl (C=O) groups is 1. The third-order valence-corrected chi connectivity index (χ3v) is 3.12. The number of carboxylic acid groups (broad SMARTS) is 1. The van der Waals surface area contributed by atoms with Gasteiger partial charge in [-0.25, -0.2) is 4.79 Å². The highest BCUT2D eigenvalue weighted by Crippen LogP contribution is 2.31. The summed E-state index contributed by atoms with van der Waals surface area (Å²) in [6, 6.07) is 13.3. The second-order valence-corrected chi connectivity index (χ2v) is 4.07. The normalized spacial score (nSPS) is 14.5. The van der Waals surface area contributed by atoms with E-state index in [0.29, 0.717) is 5.56 Å². The van der Waals surface area contributed by atoms with Crippen molar-refractivity contribution in [2.24, 2.45) is 0 Å². The lowest BCUT2D eigenvalue weighted by Crippen LogP contribution is -2.34. The molecule has 0 saturated heterocycles. The lowest BCUT2D eigenvalue weighted by molar-refractivity contribution is -0.161. The van der Waals surface area contributed by atoms with Crippen LogP contribution in [0, 0.1) is 0 Å². The quantitative estimate of drug-likeness (QED) is 0.881. The first-order valence-electron chi connectivity index (χ1n) is 5.36. The van der Waals surface area contributed by atoms with Gasteiger partial charge in [-0.1, -0.05) is 42.5 Å². The van der Waals surface area contributed by atoms with Crippen molar-refractivity contribution in [2.45, 2.75) is 12.5 Å². The van der Waals surface area contributed by atoms with Gasteiger partial charge in [-0.2, -0.15) is 0 Å². The zero-order valence-electron chi connectivity index (χ0n) is 9.81. The summed E-state index contributed by atoms with van der Waals surface area (Å²) in [4.78, 5) is 11.4. The van der Waals surface area contributed by atoms with Crippen LogP contribution in [0.3, 0.4) is 0 Å². The van der Waals surface area contributed by atoms with Crippen LogP contribution < -0.4 is 0 Å². The Kier molecular flexibility index (Phi) is 2.86. The summed E-state index contributed by atoms with van der Waals surface area (Å²) in [6.07, 6.45) is 0. The molecular formula is C14H14O3. The van der Waals surface area contributed by atoms with Gasteiger partial charge in [-0.05, 0) is 17.7 Å². The molecular weight excluding hydrogens is 216 g/mol. The van der Waals surface area contributed by atoms with Gasteiger partial charge in [0.05, 0.1) is 0 Å². The fourth-order valence-corrected chi connectivity index (χ4v) is 1.95. The van der Waals surface area contributed by atoms with Crippen molar-refractivity contribution in [1.82, 2.24) is 0 Å². The molecule has 88 valence electrons. The largest absolute Gasteiger partial charge is 0.479 e. The lowest BCUT2D eigenvalue weighted by atomic mass is 9.91. The van der Waals surface area contributed by atoms with E-state index in [9.17, 15) is 9.90 Å². The van der Waals surface area contributed by atoms with Crippen molar-refractivity contribution in [1.29, 1.82) is 0 Å². The van der Waals surface area contributed by atoms with Crippen molar-refractivity contribution < 1.29 is 14.6 Å². The van der Waals surface area contributed by atoms with Crippen LogP contribution in [0.5, 0.6) is 0 Å². The highest BCUT2D eigenvalue weighted by atomic mass is 16.5. The van der Waals surface area contributed by atoms with E-state index < -0.39 is 11.6 Å². The summed E-state index contributed by atoms with van der Waals surface area (Å²) in [7, 11) is 1.41. The van der Waals surface area contributed by atoms with E-state index in [-0.39, 0.29) is 0 Å². The molecule has 0 radical (unpaired) electrons.